The monoisotopic (exact) mass is 260 g/mol. The van der Waals surface area contributed by atoms with Gasteiger partial charge in [0.05, 0.1) is 5.25 Å². The Morgan fingerprint density at radius 3 is 2.47 bits per heavy atom. The van der Waals surface area contributed by atoms with Gasteiger partial charge in [0.15, 0.2) is 0 Å². The third kappa shape index (κ3) is 3.20. The SMILES string of the molecule is CC1CCCN(S(=O)(=O)C2CCNCC2)CC1. The van der Waals surface area contributed by atoms with Crippen molar-refractivity contribution in [3.63, 3.8) is 0 Å². The van der Waals surface area contributed by atoms with Gasteiger partial charge in [-0.25, -0.2) is 12.7 Å². The van der Waals surface area contributed by atoms with Crippen molar-refractivity contribution in [3.05, 3.63) is 0 Å². The van der Waals surface area contributed by atoms with Crippen molar-refractivity contribution in [2.45, 2.75) is 44.3 Å². The average molecular weight is 260 g/mol. The molecule has 0 aromatic carbocycles. The van der Waals surface area contributed by atoms with Crippen LogP contribution < -0.4 is 5.32 Å². The van der Waals surface area contributed by atoms with Gasteiger partial charge in [0, 0.05) is 13.1 Å². The van der Waals surface area contributed by atoms with Crippen LogP contribution >= 0.6 is 0 Å². The Labute approximate surface area is 105 Å². The van der Waals surface area contributed by atoms with Crippen molar-refractivity contribution in [2.24, 2.45) is 5.92 Å². The molecule has 0 spiro atoms. The summed E-state index contributed by atoms with van der Waals surface area (Å²) in [5.41, 5.74) is 0. The fraction of sp³-hybridized carbons (Fsp3) is 1.00. The first-order chi connectivity index (χ1) is 8.10. The summed E-state index contributed by atoms with van der Waals surface area (Å²) in [5.74, 6) is 0.670. The maximum atomic E-state index is 12.5. The summed E-state index contributed by atoms with van der Waals surface area (Å²) >= 11 is 0. The first-order valence-electron chi connectivity index (χ1n) is 6.80. The number of hydrogen-bond acceptors (Lipinski definition) is 3. The number of piperidine rings is 1. The number of rotatable bonds is 2. The number of nitrogens with one attached hydrogen (secondary N) is 1. The van der Waals surface area contributed by atoms with Crippen LogP contribution in [0.4, 0.5) is 0 Å². The van der Waals surface area contributed by atoms with Gasteiger partial charge in [0.25, 0.3) is 0 Å². The van der Waals surface area contributed by atoms with Crippen LogP contribution in [0.25, 0.3) is 0 Å². The molecule has 2 saturated heterocycles. The standard InChI is InChI=1S/C12H24N2O2S/c1-11-3-2-9-14(10-6-11)17(15,16)12-4-7-13-8-5-12/h11-13H,2-10H2,1H3. The second-order valence-electron chi connectivity index (χ2n) is 5.43. The van der Waals surface area contributed by atoms with Crippen molar-refractivity contribution in [1.29, 1.82) is 0 Å². The lowest BCUT2D eigenvalue weighted by molar-refractivity contribution is 0.394. The topological polar surface area (TPSA) is 49.4 Å². The third-order valence-electron chi connectivity index (χ3n) is 4.04. The second kappa shape index (κ2) is 5.67. The van der Waals surface area contributed by atoms with E-state index in [0.717, 1.165) is 58.3 Å². The molecule has 2 heterocycles. The number of sulfonamides is 1. The Bertz CT molecular complexity index is 336. The van der Waals surface area contributed by atoms with E-state index in [0.29, 0.717) is 5.92 Å². The van der Waals surface area contributed by atoms with Crippen LogP contribution in [0, 0.1) is 5.92 Å². The summed E-state index contributed by atoms with van der Waals surface area (Å²) in [4.78, 5) is 0. The van der Waals surface area contributed by atoms with Gasteiger partial charge in [0.2, 0.25) is 10.0 Å². The maximum absolute atomic E-state index is 12.5. The molecule has 100 valence electrons. The molecule has 2 aliphatic heterocycles. The predicted octanol–water partition coefficient (Wildman–Crippen LogP) is 1.19. The molecule has 1 unspecified atom stereocenters. The average Bonchev–Trinajstić information content (AvgIpc) is 2.55. The largest absolute Gasteiger partial charge is 0.317 e. The molecule has 0 aliphatic carbocycles. The molecular weight excluding hydrogens is 236 g/mol. The second-order valence-corrected chi connectivity index (χ2v) is 7.64. The zero-order valence-electron chi connectivity index (χ0n) is 10.7. The van der Waals surface area contributed by atoms with E-state index in [1.165, 1.54) is 0 Å². The van der Waals surface area contributed by atoms with Gasteiger partial charge in [-0.3, -0.25) is 0 Å². The van der Waals surface area contributed by atoms with Crippen molar-refractivity contribution < 1.29 is 8.42 Å². The summed E-state index contributed by atoms with van der Waals surface area (Å²) < 4.78 is 26.8. The lowest BCUT2D eigenvalue weighted by atomic mass is 10.0. The quantitative estimate of drug-likeness (QED) is 0.811. The van der Waals surface area contributed by atoms with Crippen molar-refractivity contribution in [3.8, 4) is 0 Å². The van der Waals surface area contributed by atoms with E-state index in [1.807, 2.05) is 0 Å². The normalized spacial score (nSPS) is 30.1. The van der Waals surface area contributed by atoms with Crippen LogP contribution in [0.5, 0.6) is 0 Å². The Balaban J connectivity index is 2.03. The van der Waals surface area contributed by atoms with E-state index in [-0.39, 0.29) is 5.25 Å². The van der Waals surface area contributed by atoms with E-state index >= 15 is 0 Å². The van der Waals surface area contributed by atoms with Gasteiger partial charge in [-0.15, -0.1) is 0 Å². The molecule has 2 rings (SSSR count). The zero-order chi connectivity index (χ0) is 12.3. The van der Waals surface area contributed by atoms with E-state index in [9.17, 15) is 8.42 Å². The lowest BCUT2D eigenvalue weighted by Crippen LogP contribution is -2.44. The van der Waals surface area contributed by atoms with Crippen LogP contribution in [0.15, 0.2) is 0 Å². The maximum Gasteiger partial charge on any atom is 0.217 e. The molecule has 0 saturated carbocycles. The Kier molecular flexibility index (Phi) is 4.44. The Hall–Kier alpha value is -0.130. The molecule has 1 N–H and O–H groups in total. The Morgan fingerprint density at radius 1 is 1.06 bits per heavy atom. The van der Waals surface area contributed by atoms with E-state index in [4.69, 9.17) is 0 Å². The highest BCUT2D eigenvalue weighted by atomic mass is 32.2. The fourth-order valence-electron chi connectivity index (χ4n) is 2.80. The van der Waals surface area contributed by atoms with Crippen LogP contribution in [0.3, 0.4) is 0 Å². The van der Waals surface area contributed by atoms with Gasteiger partial charge >= 0.3 is 0 Å². The van der Waals surface area contributed by atoms with Gasteiger partial charge in [-0.1, -0.05) is 6.92 Å². The third-order valence-corrected chi connectivity index (χ3v) is 6.44. The van der Waals surface area contributed by atoms with Crippen molar-refractivity contribution in [1.82, 2.24) is 9.62 Å². The van der Waals surface area contributed by atoms with E-state index < -0.39 is 10.0 Å². The first kappa shape index (κ1) is 13.3. The molecule has 0 aromatic rings. The molecule has 4 nitrogen and oxygen atoms in total. The summed E-state index contributed by atoms with van der Waals surface area (Å²) in [5, 5.41) is 3.08. The highest BCUT2D eigenvalue weighted by Crippen LogP contribution is 2.23. The summed E-state index contributed by atoms with van der Waals surface area (Å²) in [6, 6.07) is 0. The molecule has 0 amide bonds. The minimum absolute atomic E-state index is 0.142. The molecule has 5 heteroatoms. The molecule has 2 fully saturated rings. The van der Waals surface area contributed by atoms with E-state index in [1.54, 1.807) is 4.31 Å². The van der Waals surface area contributed by atoms with Crippen LogP contribution in [-0.2, 0) is 10.0 Å². The molecule has 1 atom stereocenters. The summed E-state index contributed by atoms with van der Waals surface area (Å²) in [7, 11) is -3.04. The van der Waals surface area contributed by atoms with Crippen molar-refractivity contribution in [2.75, 3.05) is 26.2 Å². The summed E-state index contributed by atoms with van der Waals surface area (Å²) in [6.45, 7) is 5.37. The molecule has 0 bridgehead atoms. The molecule has 17 heavy (non-hydrogen) atoms. The lowest BCUT2D eigenvalue weighted by Gasteiger charge is -2.29. The van der Waals surface area contributed by atoms with E-state index in [2.05, 4.69) is 12.2 Å². The smallest absolute Gasteiger partial charge is 0.217 e. The summed E-state index contributed by atoms with van der Waals surface area (Å²) in [6.07, 6.45) is 4.75. The van der Waals surface area contributed by atoms with Gasteiger partial charge in [-0.05, 0) is 51.1 Å². The van der Waals surface area contributed by atoms with Crippen LogP contribution in [-0.4, -0.2) is 44.2 Å². The zero-order valence-corrected chi connectivity index (χ0v) is 11.5. The highest BCUT2D eigenvalue weighted by molar-refractivity contribution is 7.89. The predicted molar refractivity (Wildman–Crippen MR) is 69.4 cm³/mol. The molecule has 0 aromatic heterocycles. The van der Waals surface area contributed by atoms with Crippen LogP contribution in [0.2, 0.25) is 0 Å². The molecule has 2 aliphatic rings. The molecular formula is C12H24N2O2S. The Morgan fingerprint density at radius 2 is 1.76 bits per heavy atom. The van der Waals surface area contributed by atoms with Gasteiger partial charge in [0.1, 0.15) is 0 Å². The molecule has 0 radical (unpaired) electrons. The number of nitrogens with zero attached hydrogens (tertiary/aromatic N) is 1. The fourth-order valence-corrected chi connectivity index (χ4v) is 4.79. The van der Waals surface area contributed by atoms with Gasteiger partial charge in [-0.2, -0.15) is 0 Å². The number of hydrogen-bond donors (Lipinski definition) is 1. The van der Waals surface area contributed by atoms with Crippen molar-refractivity contribution >= 4 is 10.0 Å². The minimum atomic E-state index is -3.04. The van der Waals surface area contributed by atoms with Crippen LogP contribution in [0.1, 0.15) is 39.0 Å². The minimum Gasteiger partial charge on any atom is -0.317 e. The first-order valence-corrected chi connectivity index (χ1v) is 8.30. The van der Waals surface area contributed by atoms with Gasteiger partial charge < -0.3 is 5.32 Å². The highest BCUT2D eigenvalue weighted by Gasteiger charge is 2.33.